The molecule has 78 valence electrons. The maximum atomic E-state index is 4.44. The van der Waals surface area contributed by atoms with Gasteiger partial charge in [0.1, 0.15) is 0 Å². The van der Waals surface area contributed by atoms with Crippen LogP contribution in [0.5, 0.6) is 0 Å². The monoisotopic (exact) mass is 201 g/mol. The van der Waals surface area contributed by atoms with E-state index < -0.39 is 0 Å². The van der Waals surface area contributed by atoms with Crippen LogP contribution in [0.25, 0.3) is 11.3 Å². The summed E-state index contributed by atoms with van der Waals surface area (Å²) in [6.07, 6.45) is 0. The summed E-state index contributed by atoms with van der Waals surface area (Å²) >= 11 is 0. The van der Waals surface area contributed by atoms with Gasteiger partial charge in [-0.05, 0) is 25.1 Å². The first-order valence-electron chi connectivity index (χ1n) is 4.99. The topological polar surface area (TPSA) is 29.9 Å². The van der Waals surface area contributed by atoms with Crippen molar-refractivity contribution in [3.05, 3.63) is 36.0 Å². The molecule has 15 heavy (non-hydrogen) atoms. The lowest BCUT2D eigenvalue weighted by molar-refractivity contribution is 0.743. The van der Waals surface area contributed by atoms with Gasteiger partial charge in [-0.2, -0.15) is 5.10 Å². The van der Waals surface area contributed by atoms with Crippen LogP contribution < -0.4 is 5.32 Å². The van der Waals surface area contributed by atoms with Gasteiger partial charge in [-0.3, -0.25) is 4.68 Å². The van der Waals surface area contributed by atoms with Crippen molar-refractivity contribution in [1.29, 1.82) is 0 Å². The number of nitrogens with zero attached hydrogens (tertiary/aromatic N) is 2. The van der Waals surface area contributed by atoms with E-state index in [4.69, 9.17) is 0 Å². The van der Waals surface area contributed by atoms with Crippen LogP contribution in [0.4, 0.5) is 5.69 Å². The van der Waals surface area contributed by atoms with Gasteiger partial charge in [-0.1, -0.05) is 12.1 Å². The van der Waals surface area contributed by atoms with Crippen molar-refractivity contribution in [3.63, 3.8) is 0 Å². The van der Waals surface area contributed by atoms with Crippen molar-refractivity contribution in [3.8, 4) is 11.3 Å². The van der Waals surface area contributed by atoms with Gasteiger partial charge in [0.2, 0.25) is 0 Å². The van der Waals surface area contributed by atoms with Crippen molar-refractivity contribution in [2.75, 3.05) is 12.4 Å². The largest absolute Gasteiger partial charge is 0.388 e. The molecule has 0 aliphatic carbocycles. The Hall–Kier alpha value is -1.77. The second-order valence-electron chi connectivity index (χ2n) is 3.63. The van der Waals surface area contributed by atoms with Crippen molar-refractivity contribution in [2.45, 2.75) is 6.92 Å². The molecule has 0 radical (unpaired) electrons. The molecule has 0 saturated carbocycles. The molecule has 3 nitrogen and oxygen atoms in total. The van der Waals surface area contributed by atoms with E-state index in [9.17, 15) is 0 Å². The van der Waals surface area contributed by atoms with Crippen LogP contribution in [0.2, 0.25) is 0 Å². The quantitative estimate of drug-likeness (QED) is 0.808. The fourth-order valence-corrected chi connectivity index (χ4v) is 1.54. The van der Waals surface area contributed by atoms with Crippen LogP contribution in [-0.2, 0) is 7.05 Å². The minimum atomic E-state index is 1.02. The van der Waals surface area contributed by atoms with Crippen LogP contribution in [0.15, 0.2) is 30.3 Å². The van der Waals surface area contributed by atoms with Gasteiger partial charge in [0.25, 0.3) is 0 Å². The van der Waals surface area contributed by atoms with Crippen LogP contribution in [0.1, 0.15) is 5.69 Å². The Morgan fingerprint density at radius 1 is 1.27 bits per heavy atom. The van der Waals surface area contributed by atoms with Gasteiger partial charge in [0, 0.05) is 31.0 Å². The normalized spacial score (nSPS) is 10.3. The zero-order valence-electron chi connectivity index (χ0n) is 9.28. The van der Waals surface area contributed by atoms with Crippen molar-refractivity contribution < 1.29 is 0 Å². The lowest BCUT2D eigenvalue weighted by Gasteiger charge is -2.01. The molecule has 1 aromatic heterocycles. The Kier molecular flexibility index (Phi) is 2.46. The summed E-state index contributed by atoms with van der Waals surface area (Å²) in [4.78, 5) is 0. The first-order valence-corrected chi connectivity index (χ1v) is 4.99. The molecule has 0 bridgehead atoms. The van der Waals surface area contributed by atoms with E-state index in [1.807, 2.05) is 30.9 Å². The van der Waals surface area contributed by atoms with E-state index in [0.717, 1.165) is 16.9 Å². The molecule has 0 fully saturated rings. The fourth-order valence-electron chi connectivity index (χ4n) is 1.54. The molecule has 2 rings (SSSR count). The highest BCUT2D eigenvalue weighted by Crippen LogP contribution is 2.21. The number of nitrogens with one attached hydrogen (secondary N) is 1. The smallest absolute Gasteiger partial charge is 0.0926 e. The van der Waals surface area contributed by atoms with E-state index >= 15 is 0 Å². The summed E-state index contributed by atoms with van der Waals surface area (Å²) in [7, 11) is 3.88. The van der Waals surface area contributed by atoms with Gasteiger partial charge >= 0.3 is 0 Å². The van der Waals surface area contributed by atoms with E-state index in [0.29, 0.717) is 0 Å². The van der Waals surface area contributed by atoms with Gasteiger partial charge in [0.05, 0.1) is 5.69 Å². The molecule has 1 aromatic carbocycles. The maximum Gasteiger partial charge on any atom is 0.0926 e. The van der Waals surface area contributed by atoms with Crippen LogP contribution >= 0.6 is 0 Å². The Balaban J connectivity index is 2.44. The summed E-state index contributed by atoms with van der Waals surface area (Å²) < 4.78 is 1.89. The number of aromatic nitrogens is 2. The maximum absolute atomic E-state index is 4.44. The van der Waals surface area contributed by atoms with Gasteiger partial charge in [0.15, 0.2) is 0 Å². The van der Waals surface area contributed by atoms with Gasteiger partial charge in [-0.15, -0.1) is 0 Å². The lowest BCUT2D eigenvalue weighted by atomic mass is 10.1. The molecule has 0 unspecified atom stereocenters. The number of hydrogen-bond acceptors (Lipinski definition) is 2. The second kappa shape index (κ2) is 3.77. The van der Waals surface area contributed by atoms with Crippen LogP contribution in [0, 0.1) is 6.92 Å². The second-order valence-corrected chi connectivity index (χ2v) is 3.63. The highest BCUT2D eigenvalue weighted by Gasteiger charge is 2.04. The summed E-state index contributed by atoms with van der Waals surface area (Å²) in [6.45, 7) is 2.05. The molecule has 0 amide bonds. The predicted octanol–water partition coefficient (Wildman–Crippen LogP) is 2.44. The molecule has 1 N–H and O–H groups in total. The third kappa shape index (κ3) is 1.86. The summed E-state index contributed by atoms with van der Waals surface area (Å²) in [5.41, 5.74) is 4.44. The SMILES string of the molecule is CNc1cccc(-c2cc(C)n(C)n2)c1. The highest BCUT2D eigenvalue weighted by molar-refractivity contribution is 5.65. The molecule has 3 heteroatoms. The molecule has 1 heterocycles. The predicted molar refractivity (Wildman–Crippen MR) is 62.9 cm³/mol. The van der Waals surface area contributed by atoms with E-state index in [2.05, 4.69) is 35.5 Å². The molecule has 0 saturated heterocycles. The fraction of sp³-hybridized carbons (Fsp3) is 0.250. The molecular weight excluding hydrogens is 186 g/mol. The van der Waals surface area contributed by atoms with E-state index in [-0.39, 0.29) is 0 Å². The number of benzene rings is 1. The Morgan fingerprint density at radius 2 is 2.07 bits per heavy atom. The average Bonchev–Trinajstić information content (AvgIpc) is 2.59. The first kappa shape index (κ1) is 9.77. The molecule has 0 aliphatic heterocycles. The van der Waals surface area contributed by atoms with Crippen molar-refractivity contribution in [1.82, 2.24) is 9.78 Å². The average molecular weight is 201 g/mol. The van der Waals surface area contributed by atoms with Crippen molar-refractivity contribution >= 4 is 5.69 Å². The number of aryl methyl sites for hydroxylation is 2. The standard InChI is InChI=1S/C12H15N3/c1-9-7-12(14-15(9)3)10-5-4-6-11(8-10)13-2/h4-8,13H,1-3H3. The minimum Gasteiger partial charge on any atom is -0.388 e. The third-order valence-electron chi connectivity index (χ3n) is 2.56. The summed E-state index contributed by atoms with van der Waals surface area (Å²) in [6, 6.07) is 10.3. The molecule has 0 aliphatic rings. The zero-order chi connectivity index (χ0) is 10.8. The number of rotatable bonds is 2. The van der Waals surface area contributed by atoms with E-state index in [1.54, 1.807) is 0 Å². The first-order chi connectivity index (χ1) is 7.20. The van der Waals surface area contributed by atoms with Crippen LogP contribution in [-0.4, -0.2) is 16.8 Å². The number of hydrogen-bond donors (Lipinski definition) is 1. The molecule has 0 atom stereocenters. The molecule has 0 spiro atoms. The summed E-state index contributed by atoms with van der Waals surface area (Å²) in [5, 5.41) is 7.57. The molecular formula is C12H15N3. The zero-order valence-corrected chi connectivity index (χ0v) is 9.28. The Labute approximate surface area is 89.7 Å². The third-order valence-corrected chi connectivity index (χ3v) is 2.56. The van der Waals surface area contributed by atoms with Gasteiger partial charge in [-0.25, -0.2) is 0 Å². The lowest BCUT2D eigenvalue weighted by Crippen LogP contribution is -1.92. The highest BCUT2D eigenvalue weighted by atomic mass is 15.3. The Bertz CT molecular complexity index is 452. The minimum absolute atomic E-state index is 1.02. The van der Waals surface area contributed by atoms with E-state index in [1.165, 1.54) is 5.69 Å². The van der Waals surface area contributed by atoms with Crippen molar-refractivity contribution in [2.24, 2.45) is 7.05 Å². The van der Waals surface area contributed by atoms with Gasteiger partial charge < -0.3 is 5.32 Å². The Morgan fingerprint density at radius 3 is 2.67 bits per heavy atom. The molecule has 2 aromatic rings. The van der Waals surface area contributed by atoms with Crippen LogP contribution in [0.3, 0.4) is 0 Å². The summed E-state index contributed by atoms with van der Waals surface area (Å²) in [5.74, 6) is 0. The number of anilines is 1.